The number of carbonyl (C=O) groups is 1. The first-order valence-electron chi connectivity index (χ1n) is 10.1. The highest BCUT2D eigenvalue weighted by molar-refractivity contribution is 5.99. The van der Waals surface area contributed by atoms with Crippen molar-refractivity contribution in [3.05, 3.63) is 23.9 Å². The minimum atomic E-state index is -0.0218. The Morgan fingerprint density at radius 3 is 2.17 bits per heavy atom. The highest BCUT2D eigenvalue weighted by Crippen LogP contribution is 2.40. The first-order chi connectivity index (χ1) is 14.4. The van der Waals surface area contributed by atoms with E-state index in [2.05, 4.69) is 18.8 Å². The topological polar surface area (TPSA) is 77.0 Å². The fraction of sp³-hybridized carbons (Fsp3) is 0.500. The van der Waals surface area contributed by atoms with Gasteiger partial charge in [0.1, 0.15) is 11.4 Å². The third kappa shape index (κ3) is 4.13. The number of amides is 1. The molecule has 0 aliphatic carbocycles. The molecule has 1 amide bonds. The number of methoxy groups -OCH3 is 3. The summed E-state index contributed by atoms with van der Waals surface area (Å²) in [4.78, 5) is 26.2. The number of benzene rings is 1. The monoisotopic (exact) mass is 414 g/mol. The van der Waals surface area contributed by atoms with Crippen LogP contribution in [0.25, 0.3) is 11.4 Å². The summed E-state index contributed by atoms with van der Waals surface area (Å²) in [5, 5.41) is 0. The Balaban J connectivity index is 2.11. The van der Waals surface area contributed by atoms with E-state index < -0.39 is 0 Å². The minimum absolute atomic E-state index is 0.0218. The van der Waals surface area contributed by atoms with Crippen molar-refractivity contribution in [2.45, 2.75) is 32.7 Å². The van der Waals surface area contributed by atoms with Gasteiger partial charge in [-0.15, -0.1) is 0 Å². The molecule has 0 spiro atoms. The molecule has 8 heteroatoms. The molecule has 1 saturated heterocycles. The molecular formula is C22H30N4O4. The van der Waals surface area contributed by atoms with Crippen molar-refractivity contribution in [1.29, 1.82) is 0 Å². The fourth-order valence-corrected chi connectivity index (χ4v) is 3.48. The van der Waals surface area contributed by atoms with Crippen molar-refractivity contribution >= 4 is 11.7 Å². The number of anilines is 1. The van der Waals surface area contributed by atoms with Crippen LogP contribution in [0.15, 0.2) is 18.3 Å². The molecule has 30 heavy (non-hydrogen) atoms. The van der Waals surface area contributed by atoms with Gasteiger partial charge in [-0.2, -0.15) is 0 Å². The normalized spacial score (nSPS) is 13.5. The van der Waals surface area contributed by atoms with Crippen LogP contribution in [0.1, 0.15) is 37.0 Å². The van der Waals surface area contributed by atoms with Crippen LogP contribution in [-0.4, -0.2) is 68.3 Å². The maximum absolute atomic E-state index is 13.1. The molecule has 2 aromatic rings. The molecule has 8 nitrogen and oxygen atoms in total. The summed E-state index contributed by atoms with van der Waals surface area (Å²) in [6.45, 7) is 5.67. The highest BCUT2D eigenvalue weighted by Gasteiger charge is 2.26. The average molecular weight is 415 g/mol. The lowest BCUT2D eigenvalue weighted by molar-refractivity contribution is 0.0792. The number of ether oxygens (including phenoxy) is 3. The van der Waals surface area contributed by atoms with E-state index in [0.29, 0.717) is 40.0 Å². The van der Waals surface area contributed by atoms with Gasteiger partial charge < -0.3 is 24.0 Å². The van der Waals surface area contributed by atoms with Crippen LogP contribution in [0.3, 0.4) is 0 Å². The van der Waals surface area contributed by atoms with E-state index in [-0.39, 0.29) is 11.9 Å². The first-order valence-corrected chi connectivity index (χ1v) is 10.1. The van der Waals surface area contributed by atoms with Crippen molar-refractivity contribution in [2.75, 3.05) is 46.4 Å². The van der Waals surface area contributed by atoms with Gasteiger partial charge in [-0.1, -0.05) is 0 Å². The van der Waals surface area contributed by atoms with Crippen molar-refractivity contribution in [2.24, 2.45) is 0 Å². The number of likely N-dealkylation sites (tertiary alicyclic amines) is 1. The number of rotatable bonds is 7. The summed E-state index contributed by atoms with van der Waals surface area (Å²) >= 11 is 0. The zero-order valence-electron chi connectivity index (χ0n) is 18.6. The molecule has 162 valence electrons. The maximum Gasteiger partial charge on any atom is 0.259 e. The van der Waals surface area contributed by atoms with Gasteiger partial charge in [0.15, 0.2) is 17.3 Å². The lowest BCUT2D eigenvalue weighted by Gasteiger charge is -2.26. The van der Waals surface area contributed by atoms with Crippen LogP contribution >= 0.6 is 0 Å². The van der Waals surface area contributed by atoms with Gasteiger partial charge in [0.25, 0.3) is 5.91 Å². The van der Waals surface area contributed by atoms with Gasteiger partial charge in [0.2, 0.25) is 5.75 Å². The van der Waals surface area contributed by atoms with Crippen molar-refractivity contribution in [3.8, 4) is 28.6 Å². The fourth-order valence-electron chi connectivity index (χ4n) is 3.48. The number of hydrogen-bond acceptors (Lipinski definition) is 7. The Hall–Kier alpha value is -3.03. The number of nitrogens with zero attached hydrogens (tertiary/aromatic N) is 4. The second-order valence-electron chi connectivity index (χ2n) is 7.55. The van der Waals surface area contributed by atoms with Gasteiger partial charge in [-0.25, -0.2) is 9.97 Å². The largest absolute Gasteiger partial charge is 0.493 e. The summed E-state index contributed by atoms with van der Waals surface area (Å²) in [7, 11) is 6.63. The lowest BCUT2D eigenvalue weighted by atomic mass is 10.1. The molecule has 2 heterocycles. The summed E-state index contributed by atoms with van der Waals surface area (Å²) < 4.78 is 16.3. The molecule has 1 aliphatic rings. The van der Waals surface area contributed by atoms with Gasteiger partial charge in [-0.3, -0.25) is 4.79 Å². The lowest BCUT2D eigenvalue weighted by Crippen LogP contribution is -2.33. The Kier molecular flexibility index (Phi) is 6.64. The zero-order valence-corrected chi connectivity index (χ0v) is 18.6. The summed E-state index contributed by atoms with van der Waals surface area (Å²) in [6, 6.07) is 3.77. The molecule has 0 N–H and O–H groups in total. The summed E-state index contributed by atoms with van der Waals surface area (Å²) in [5.74, 6) is 2.61. The second kappa shape index (κ2) is 9.19. The molecule has 1 aliphatic heterocycles. The molecule has 0 radical (unpaired) electrons. The van der Waals surface area contributed by atoms with Crippen LogP contribution in [0.2, 0.25) is 0 Å². The van der Waals surface area contributed by atoms with Crippen LogP contribution in [0, 0.1) is 0 Å². The number of hydrogen-bond donors (Lipinski definition) is 0. The average Bonchev–Trinajstić information content (AvgIpc) is 3.31. The molecule has 0 unspecified atom stereocenters. The van der Waals surface area contributed by atoms with Crippen LogP contribution in [-0.2, 0) is 0 Å². The highest BCUT2D eigenvalue weighted by atomic mass is 16.5. The predicted molar refractivity (Wildman–Crippen MR) is 116 cm³/mol. The van der Waals surface area contributed by atoms with E-state index >= 15 is 0 Å². The second-order valence-corrected chi connectivity index (χ2v) is 7.55. The van der Waals surface area contributed by atoms with Crippen molar-refractivity contribution in [3.63, 3.8) is 0 Å². The Bertz CT molecular complexity index is 885. The third-order valence-corrected chi connectivity index (χ3v) is 5.42. The molecule has 1 aromatic carbocycles. The van der Waals surface area contributed by atoms with Gasteiger partial charge in [0, 0.05) is 37.9 Å². The maximum atomic E-state index is 13.1. The SMILES string of the molecule is COc1cc(-c2ncc(C(=O)N3CCCC3)c(N(C)C(C)C)n2)cc(OC)c1OC. The standard InChI is InChI=1S/C22H30N4O4/c1-14(2)25(3)21-16(22(27)26-9-7-8-10-26)13-23-20(24-21)15-11-17(28-4)19(30-6)18(12-15)29-5/h11-14H,7-10H2,1-6H3. The minimum Gasteiger partial charge on any atom is -0.493 e. The van der Waals surface area contributed by atoms with E-state index in [4.69, 9.17) is 19.2 Å². The van der Waals surface area contributed by atoms with E-state index in [1.165, 1.54) is 0 Å². The van der Waals surface area contributed by atoms with E-state index in [1.807, 2.05) is 16.8 Å². The van der Waals surface area contributed by atoms with Crippen LogP contribution in [0.5, 0.6) is 17.2 Å². The number of aromatic nitrogens is 2. The predicted octanol–water partition coefficient (Wildman–Crippen LogP) is 3.25. The Morgan fingerprint density at radius 1 is 1.07 bits per heavy atom. The smallest absolute Gasteiger partial charge is 0.259 e. The molecule has 0 saturated carbocycles. The summed E-state index contributed by atoms with van der Waals surface area (Å²) in [6.07, 6.45) is 3.69. The summed E-state index contributed by atoms with van der Waals surface area (Å²) in [5.41, 5.74) is 1.23. The van der Waals surface area contributed by atoms with Crippen molar-refractivity contribution < 1.29 is 19.0 Å². The third-order valence-electron chi connectivity index (χ3n) is 5.42. The molecule has 0 atom stereocenters. The van der Waals surface area contributed by atoms with E-state index in [1.54, 1.807) is 39.7 Å². The number of carbonyl (C=O) groups excluding carboxylic acids is 1. The van der Waals surface area contributed by atoms with Gasteiger partial charge >= 0.3 is 0 Å². The van der Waals surface area contributed by atoms with E-state index in [0.717, 1.165) is 25.9 Å². The molecule has 1 aromatic heterocycles. The van der Waals surface area contributed by atoms with Crippen LogP contribution in [0.4, 0.5) is 5.82 Å². The van der Waals surface area contributed by atoms with Crippen molar-refractivity contribution in [1.82, 2.24) is 14.9 Å². The molecular weight excluding hydrogens is 384 g/mol. The molecule has 1 fully saturated rings. The van der Waals surface area contributed by atoms with E-state index in [9.17, 15) is 4.79 Å². The van der Waals surface area contributed by atoms with Gasteiger partial charge in [0.05, 0.1) is 21.3 Å². The van der Waals surface area contributed by atoms with Crippen LogP contribution < -0.4 is 19.1 Å². The first kappa shape index (κ1) is 21.7. The Morgan fingerprint density at radius 2 is 1.67 bits per heavy atom. The molecule has 3 rings (SSSR count). The quantitative estimate of drug-likeness (QED) is 0.688. The zero-order chi connectivity index (χ0) is 21.8. The molecule has 0 bridgehead atoms. The van der Waals surface area contributed by atoms with Gasteiger partial charge in [-0.05, 0) is 38.8 Å². The Labute approximate surface area is 177 Å².